The van der Waals surface area contributed by atoms with E-state index in [1.807, 2.05) is 6.92 Å². The van der Waals surface area contributed by atoms with Crippen molar-refractivity contribution in [2.75, 3.05) is 12.3 Å². The molecule has 8 heteroatoms. The molecule has 2 rings (SSSR count). The van der Waals surface area contributed by atoms with Crippen LogP contribution in [0.1, 0.15) is 19.9 Å². The number of hydrogen-bond acceptors (Lipinski definition) is 7. The van der Waals surface area contributed by atoms with Crippen molar-refractivity contribution in [3.8, 4) is 11.5 Å². The van der Waals surface area contributed by atoms with Crippen LogP contribution in [0.2, 0.25) is 0 Å². The smallest absolute Gasteiger partial charge is 0.302 e. The molecule has 8 nitrogen and oxygen atoms in total. The lowest BCUT2D eigenvalue weighted by Gasteiger charge is -2.12. The van der Waals surface area contributed by atoms with Gasteiger partial charge in [0.15, 0.2) is 0 Å². The predicted molar refractivity (Wildman–Crippen MR) is 66.8 cm³/mol. The van der Waals surface area contributed by atoms with Crippen LogP contribution >= 0.6 is 0 Å². The minimum atomic E-state index is -0.344. The van der Waals surface area contributed by atoms with Gasteiger partial charge in [0.25, 0.3) is 0 Å². The number of anilines is 1. The van der Waals surface area contributed by atoms with Crippen molar-refractivity contribution in [3.05, 3.63) is 18.2 Å². The first-order valence-electron chi connectivity index (χ1n) is 5.72. The molecule has 0 saturated heterocycles. The predicted octanol–water partition coefficient (Wildman–Crippen LogP) is 0.441. The van der Waals surface area contributed by atoms with Crippen molar-refractivity contribution in [2.24, 2.45) is 0 Å². The van der Waals surface area contributed by atoms with E-state index in [1.54, 1.807) is 22.9 Å². The first kappa shape index (κ1) is 12.9. The Hall–Kier alpha value is -2.51. The Kier molecular flexibility index (Phi) is 3.69. The average molecular weight is 262 g/mol. The monoisotopic (exact) mass is 262 g/mol. The van der Waals surface area contributed by atoms with E-state index in [1.165, 1.54) is 6.92 Å². The fraction of sp³-hybridized carbons (Fsp3) is 0.364. The van der Waals surface area contributed by atoms with Gasteiger partial charge >= 0.3 is 5.97 Å². The van der Waals surface area contributed by atoms with Gasteiger partial charge in [0.2, 0.25) is 5.82 Å². The van der Waals surface area contributed by atoms with E-state index in [0.717, 1.165) is 0 Å². The molecule has 100 valence electrons. The summed E-state index contributed by atoms with van der Waals surface area (Å²) >= 11 is 0. The summed E-state index contributed by atoms with van der Waals surface area (Å²) in [5, 5.41) is 11.4. The summed E-state index contributed by atoms with van der Waals surface area (Å²) in [6.45, 7) is 3.39. The first-order chi connectivity index (χ1) is 9.08. The van der Waals surface area contributed by atoms with Crippen LogP contribution in [-0.4, -0.2) is 37.8 Å². The van der Waals surface area contributed by atoms with Gasteiger partial charge in [-0.1, -0.05) is 6.07 Å². The number of nitrogens with two attached hydrogens (primary N) is 1. The van der Waals surface area contributed by atoms with Crippen LogP contribution in [-0.2, 0) is 9.53 Å². The molecule has 0 radical (unpaired) electrons. The highest BCUT2D eigenvalue weighted by molar-refractivity contribution is 5.65. The number of tetrazole rings is 1. The highest BCUT2D eigenvalue weighted by Crippen LogP contribution is 2.17. The lowest BCUT2D eigenvalue weighted by Crippen LogP contribution is -2.17. The third-order valence-corrected chi connectivity index (χ3v) is 2.44. The molecular weight excluding hydrogens is 248 g/mol. The second kappa shape index (κ2) is 5.42. The summed E-state index contributed by atoms with van der Waals surface area (Å²) in [6.07, 6.45) is 0. The van der Waals surface area contributed by atoms with Gasteiger partial charge in [-0.3, -0.25) is 4.79 Å². The van der Waals surface area contributed by atoms with Crippen LogP contribution in [0.25, 0.3) is 11.5 Å². The minimum Gasteiger partial charge on any atom is -0.464 e. The van der Waals surface area contributed by atoms with Gasteiger partial charge in [-0.2, -0.15) is 0 Å². The van der Waals surface area contributed by atoms with Gasteiger partial charge < -0.3 is 10.5 Å². The highest BCUT2D eigenvalue weighted by Gasteiger charge is 2.16. The fourth-order valence-corrected chi connectivity index (χ4v) is 1.54. The van der Waals surface area contributed by atoms with Gasteiger partial charge in [-0.05, 0) is 29.5 Å². The molecule has 0 aromatic carbocycles. The van der Waals surface area contributed by atoms with Crippen LogP contribution in [0.3, 0.4) is 0 Å². The fourth-order valence-electron chi connectivity index (χ4n) is 1.54. The number of nitrogens with zero attached hydrogens (tertiary/aromatic N) is 5. The molecule has 1 unspecified atom stereocenters. The van der Waals surface area contributed by atoms with E-state index >= 15 is 0 Å². The zero-order valence-corrected chi connectivity index (χ0v) is 10.6. The molecule has 0 spiro atoms. The zero-order valence-electron chi connectivity index (χ0n) is 10.6. The second-order valence-electron chi connectivity index (χ2n) is 4.05. The van der Waals surface area contributed by atoms with Crippen LogP contribution in [0.15, 0.2) is 18.2 Å². The SMILES string of the molecule is CC(=O)OCC(C)n1nnnc1-c1cccc(N)n1. The van der Waals surface area contributed by atoms with Crippen molar-refractivity contribution < 1.29 is 9.53 Å². The molecule has 19 heavy (non-hydrogen) atoms. The lowest BCUT2D eigenvalue weighted by atomic mass is 10.3. The zero-order chi connectivity index (χ0) is 13.8. The first-order valence-corrected chi connectivity index (χ1v) is 5.72. The van der Waals surface area contributed by atoms with Gasteiger partial charge in [-0.15, -0.1) is 5.10 Å². The molecule has 0 amide bonds. The molecule has 0 aliphatic carbocycles. The molecule has 0 aliphatic rings. The molecule has 2 aromatic rings. The summed E-state index contributed by atoms with van der Waals surface area (Å²) < 4.78 is 6.49. The largest absolute Gasteiger partial charge is 0.464 e. The summed E-state index contributed by atoms with van der Waals surface area (Å²) in [6, 6.07) is 5.02. The van der Waals surface area contributed by atoms with Gasteiger partial charge in [0.05, 0.1) is 6.04 Å². The van der Waals surface area contributed by atoms with Gasteiger partial charge in [0, 0.05) is 6.92 Å². The molecule has 2 N–H and O–H groups in total. The standard InChI is InChI=1S/C11H14N6O2/c1-7(6-19-8(2)18)17-11(14-15-16-17)9-4-3-5-10(12)13-9/h3-5,7H,6H2,1-2H3,(H2,12,13). The Morgan fingerprint density at radius 3 is 3.00 bits per heavy atom. The third kappa shape index (κ3) is 3.03. The van der Waals surface area contributed by atoms with Crippen molar-refractivity contribution in [1.82, 2.24) is 25.2 Å². The molecule has 0 aliphatic heterocycles. The lowest BCUT2D eigenvalue weighted by molar-refractivity contribution is -0.142. The van der Waals surface area contributed by atoms with Crippen LogP contribution in [0, 0.1) is 0 Å². The number of esters is 1. The van der Waals surface area contributed by atoms with Gasteiger partial charge in [0.1, 0.15) is 18.1 Å². The van der Waals surface area contributed by atoms with Gasteiger partial charge in [-0.25, -0.2) is 9.67 Å². The van der Waals surface area contributed by atoms with Crippen LogP contribution in [0.4, 0.5) is 5.82 Å². The Balaban J connectivity index is 2.24. The highest BCUT2D eigenvalue weighted by atomic mass is 16.5. The summed E-state index contributed by atoms with van der Waals surface area (Å²) in [7, 11) is 0. The summed E-state index contributed by atoms with van der Waals surface area (Å²) in [5.74, 6) is 0.523. The topological polar surface area (TPSA) is 109 Å². The number of ether oxygens (including phenoxy) is 1. The van der Waals surface area contributed by atoms with Crippen molar-refractivity contribution in [3.63, 3.8) is 0 Å². The number of nitrogen functional groups attached to an aromatic ring is 1. The van der Waals surface area contributed by atoms with E-state index < -0.39 is 0 Å². The maximum atomic E-state index is 10.8. The molecular formula is C11H14N6O2. The Bertz CT molecular complexity index is 582. The average Bonchev–Trinajstić information content (AvgIpc) is 2.85. The van der Waals surface area contributed by atoms with E-state index in [9.17, 15) is 4.79 Å². The number of carbonyl (C=O) groups excluding carboxylic acids is 1. The molecule has 1 atom stereocenters. The Labute approximate surface area is 109 Å². The number of hydrogen-bond donors (Lipinski definition) is 1. The van der Waals surface area contributed by atoms with E-state index in [-0.39, 0.29) is 18.6 Å². The summed E-state index contributed by atoms with van der Waals surface area (Å²) in [4.78, 5) is 15.0. The Morgan fingerprint density at radius 2 is 2.32 bits per heavy atom. The normalized spacial score (nSPS) is 12.1. The third-order valence-electron chi connectivity index (χ3n) is 2.44. The van der Waals surface area contributed by atoms with E-state index in [4.69, 9.17) is 10.5 Å². The van der Waals surface area contributed by atoms with E-state index in [2.05, 4.69) is 20.5 Å². The van der Waals surface area contributed by atoms with Crippen LogP contribution < -0.4 is 5.73 Å². The maximum absolute atomic E-state index is 10.8. The number of pyridine rings is 1. The molecule has 2 aromatic heterocycles. The second-order valence-corrected chi connectivity index (χ2v) is 4.05. The number of rotatable bonds is 4. The van der Waals surface area contributed by atoms with Crippen LogP contribution in [0.5, 0.6) is 0 Å². The quantitative estimate of drug-likeness (QED) is 0.796. The summed E-state index contributed by atoms with van der Waals surface area (Å²) in [5.41, 5.74) is 6.20. The van der Waals surface area contributed by atoms with E-state index in [0.29, 0.717) is 17.3 Å². The molecule has 2 heterocycles. The molecule has 0 bridgehead atoms. The molecule has 0 fully saturated rings. The van der Waals surface area contributed by atoms with Crippen molar-refractivity contribution in [1.29, 1.82) is 0 Å². The molecule has 0 saturated carbocycles. The maximum Gasteiger partial charge on any atom is 0.302 e. The minimum absolute atomic E-state index is 0.190. The Morgan fingerprint density at radius 1 is 1.53 bits per heavy atom. The van der Waals surface area contributed by atoms with Crippen molar-refractivity contribution >= 4 is 11.8 Å². The number of carbonyl (C=O) groups is 1. The van der Waals surface area contributed by atoms with Crippen molar-refractivity contribution in [2.45, 2.75) is 19.9 Å². The number of aromatic nitrogens is 5.